The van der Waals surface area contributed by atoms with E-state index >= 15 is 0 Å². The molecule has 4 aliphatic rings. The third kappa shape index (κ3) is 8.82. The first kappa shape index (κ1) is 31.1. The molecule has 0 spiro atoms. The molecule has 12 heteroatoms. The van der Waals surface area contributed by atoms with Gasteiger partial charge in [-0.3, -0.25) is 25.0 Å². The van der Waals surface area contributed by atoms with Gasteiger partial charge in [-0.05, 0) is 82.5 Å². The standard InChI is InChI=1S/C28H45NO11/c30-27(31)26-15-20(29(33)34)5-14-25(26)28(32)39-23-8-6-21(7-9-23)38-22-10-12-24(13-11-22)40-37-17-19-4-2-1-3-18(19)16-36-35/h18-26,35H,1-17H2,(H,30,31). The third-order valence-corrected chi connectivity index (χ3v) is 9.49. The lowest BCUT2D eigenvalue weighted by atomic mass is 9.77. The number of esters is 1. The first-order valence-corrected chi connectivity index (χ1v) is 15.1. The van der Waals surface area contributed by atoms with Gasteiger partial charge in [-0.1, -0.05) is 12.8 Å². The molecular weight excluding hydrogens is 526 g/mol. The molecule has 4 fully saturated rings. The summed E-state index contributed by atoms with van der Waals surface area (Å²) >= 11 is 0. The molecule has 0 saturated heterocycles. The predicted molar refractivity (Wildman–Crippen MR) is 140 cm³/mol. The number of rotatable bonds is 12. The van der Waals surface area contributed by atoms with Crippen LogP contribution in [-0.2, 0) is 33.7 Å². The number of carboxylic acid groups (broad SMARTS) is 1. The van der Waals surface area contributed by atoms with Crippen molar-refractivity contribution < 1.29 is 49.0 Å². The van der Waals surface area contributed by atoms with E-state index in [-0.39, 0.29) is 43.7 Å². The number of carbonyl (C=O) groups excluding carboxylic acids is 1. The van der Waals surface area contributed by atoms with Crippen LogP contribution >= 0.6 is 0 Å². The van der Waals surface area contributed by atoms with Crippen molar-refractivity contribution in [3.63, 3.8) is 0 Å². The second kappa shape index (κ2) is 15.4. The highest BCUT2D eigenvalue weighted by molar-refractivity contribution is 5.81. The molecule has 4 aliphatic carbocycles. The second-order valence-corrected chi connectivity index (χ2v) is 12.2. The topological polar surface area (TPSA) is 164 Å². The van der Waals surface area contributed by atoms with Gasteiger partial charge in [0.1, 0.15) is 6.10 Å². The zero-order chi connectivity index (χ0) is 28.5. The van der Waals surface area contributed by atoms with E-state index in [4.69, 9.17) is 24.5 Å². The molecule has 228 valence electrons. The third-order valence-electron chi connectivity index (χ3n) is 9.49. The smallest absolute Gasteiger partial charge is 0.310 e. The van der Waals surface area contributed by atoms with Crippen LogP contribution < -0.4 is 0 Å². The van der Waals surface area contributed by atoms with Crippen molar-refractivity contribution in [2.45, 2.75) is 127 Å². The largest absolute Gasteiger partial charge is 0.481 e. The molecule has 5 unspecified atom stereocenters. The molecule has 4 rings (SSSR count). The summed E-state index contributed by atoms with van der Waals surface area (Å²) in [6.45, 7) is 0.869. The van der Waals surface area contributed by atoms with Crippen LogP contribution in [0.1, 0.15) is 96.3 Å². The maximum absolute atomic E-state index is 12.8. The van der Waals surface area contributed by atoms with Crippen LogP contribution in [0.4, 0.5) is 0 Å². The van der Waals surface area contributed by atoms with Gasteiger partial charge in [0.2, 0.25) is 6.04 Å². The van der Waals surface area contributed by atoms with Gasteiger partial charge in [0, 0.05) is 17.8 Å². The van der Waals surface area contributed by atoms with E-state index in [1.807, 2.05) is 0 Å². The van der Waals surface area contributed by atoms with E-state index in [9.17, 15) is 24.8 Å². The number of hydrogen-bond acceptors (Lipinski definition) is 10. The highest BCUT2D eigenvalue weighted by Crippen LogP contribution is 2.35. The summed E-state index contributed by atoms with van der Waals surface area (Å²) in [5, 5.41) is 29.4. The van der Waals surface area contributed by atoms with E-state index in [0.717, 1.165) is 57.8 Å². The van der Waals surface area contributed by atoms with Crippen LogP contribution in [0.5, 0.6) is 0 Å². The molecule has 0 aliphatic heterocycles. The minimum Gasteiger partial charge on any atom is -0.481 e. The van der Waals surface area contributed by atoms with Crippen LogP contribution in [0.3, 0.4) is 0 Å². The molecule has 0 bridgehead atoms. The summed E-state index contributed by atoms with van der Waals surface area (Å²) in [5.74, 6) is -2.98. The Morgan fingerprint density at radius 1 is 0.750 bits per heavy atom. The summed E-state index contributed by atoms with van der Waals surface area (Å²) in [7, 11) is 0. The zero-order valence-corrected chi connectivity index (χ0v) is 23.2. The molecule has 4 saturated carbocycles. The average Bonchev–Trinajstić information content (AvgIpc) is 2.95. The summed E-state index contributed by atoms with van der Waals surface area (Å²) in [6, 6.07) is -0.922. The predicted octanol–water partition coefficient (Wildman–Crippen LogP) is 4.56. The van der Waals surface area contributed by atoms with Crippen LogP contribution in [-0.4, -0.2) is 70.9 Å². The Kier molecular flexibility index (Phi) is 12.0. The van der Waals surface area contributed by atoms with Gasteiger partial charge in [0.05, 0.1) is 43.4 Å². The van der Waals surface area contributed by atoms with E-state index < -0.39 is 34.7 Å². The fraction of sp³-hybridized carbons (Fsp3) is 0.929. The normalized spacial score (nSPS) is 37.0. The summed E-state index contributed by atoms with van der Waals surface area (Å²) < 4.78 is 12.0. The van der Waals surface area contributed by atoms with Crippen molar-refractivity contribution in [3.05, 3.63) is 10.1 Å². The first-order valence-electron chi connectivity index (χ1n) is 15.1. The van der Waals surface area contributed by atoms with Gasteiger partial charge in [0.15, 0.2) is 0 Å². The Morgan fingerprint density at radius 3 is 1.90 bits per heavy atom. The van der Waals surface area contributed by atoms with Gasteiger partial charge < -0.3 is 14.6 Å². The van der Waals surface area contributed by atoms with Crippen molar-refractivity contribution in [1.82, 2.24) is 0 Å². The monoisotopic (exact) mass is 571 g/mol. The summed E-state index contributed by atoms with van der Waals surface area (Å²) in [4.78, 5) is 50.8. The van der Waals surface area contributed by atoms with Crippen LogP contribution in [0, 0.1) is 33.8 Å². The van der Waals surface area contributed by atoms with Crippen LogP contribution in [0.2, 0.25) is 0 Å². The maximum Gasteiger partial charge on any atom is 0.310 e. The lowest BCUT2D eigenvalue weighted by molar-refractivity contribution is -0.528. The van der Waals surface area contributed by atoms with Gasteiger partial charge in [-0.25, -0.2) is 14.7 Å². The number of carboxylic acids is 1. The number of carbonyl (C=O) groups is 2. The number of hydrogen-bond donors (Lipinski definition) is 2. The van der Waals surface area contributed by atoms with Gasteiger partial charge in [-0.15, -0.1) is 0 Å². The molecule has 12 nitrogen and oxygen atoms in total. The zero-order valence-electron chi connectivity index (χ0n) is 23.2. The molecule has 0 radical (unpaired) electrons. The number of nitrogens with zero attached hydrogens (tertiary/aromatic N) is 1. The summed E-state index contributed by atoms with van der Waals surface area (Å²) in [5.41, 5.74) is 0. The fourth-order valence-corrected chi connectivity index (χ4v) is 7.01. The highest BCUT2D eigenvalue weighted by Gasteiger charge is 2.45. The van der Waals surface area contributed by atoms with Crippen LogP contribution in [0.25, 0.3) is 0 Å². The van der Waals surface area contributed by atoms with E-state index in [0.29, 0.717) is 37.9 Å². The van der Waals surface area contributed by atoms with Gasteiger partial charge >= 0.3 is 11.9 Å². The quantitative estimate of drug-likeness (QED) is 0.146. The lowest BCUT2D eigenvalue weighted by Crippen LogP contribution is -2.42. The van der Waals surface area contributed by atoms with Crippen molar-refractivity contribution in [2.24, 2.45) is 23.7 Å². The Bertz CT molecular complexity index is 823. The molecule has 40 heavy (non-hydrogen) atoms. The average molecular weight is 572 g/mol. The minimum atomic E-state index is -1.18. The Morgan fingerprint density at radius 2 is 1.32 bits per heavy atom. The molecule has 2 N–H and O–H groups in total. The van der Waals surface area contributed by atoms with E-state index in [1.165, 1.54) is 6.42 Å². The number of ether oxygens (including phenoxy) is 2. The molecule has 0 amide bonds. The van der Waals surface area contributed by atoms with Gasteiger partial charge in [-0.2, -0.15) is 0 Å². The fourth-order valence-electron chi connectivity index (χ4n) is 7.01. The van der Waals surface area contributed by atoms with Crippen molar-refractivity contribution >= 4 is 11.9 Å². The van der Waals surface area contributed by atoms with E-state index in [1.54, 1.807) is 0 Å². The maximum atomic E-state index is 12.8. The van der Waals surface area contributed by atoms with Crippen molar-refractivity contribution in [2.75, 3.05) is 13.2 Å². The lowest BCUT2D eigenvalue weighted by Gasteiger charge is -2.35. The summed E-state index contributed by atoms with van der Waals surface area (Å²) in [6.07, 6.45) is 11.1. The second-order valence-electron chi connectivity index (χ2n) is 12.2. The number of aliphatic carboxylic acids is 1. The van der Waals surface area contributed by atoms with Crippen molar-refractivity contribution in [1.29, 1.82) is 0 Å². The SMILES string of the molecule is O=C(O)C1CC([N+](=O)[O-])CCC1C(=O)OC1CCC(OC2CCC(OOCC3CCCCC3COO)CC2)CC1. The molecule has 0 aromatic rings. The van der Waals surface area contributed by atoms with Crippen LogP contribution in [0.15, 0.2) is 0 Å². The molecule has 5 atom stereocenters. The first-order chi connectivity index (χ1) is 19.3. The molecular formula is C28H45NO11. The molecule has 0 aromatic heterocycles. The van der Waals surface area contributed by atoms with Gasteiger partial charge in [0.25, 0.3) is 0 Å². The molecule has 0 heterocycles. The van der Waals surface area contributed by atoms with E-state index in [2.05, 4.69) is 4.89 Å². The Labute approximate surface area is 235 Å². The van der Waals surface area contributed by atoms with Crippen molar-refractivity contribution in [3.8, 4) is 0 Å². The molecule has 0 aromatic carbocycles. The Hall–Kier alpha value is -1.86. The number of nitro groups is 1. The minimum absolute atomic E-state index is 0.0566. The Balaban J connectivity index is 1.10. The highest BCUT2D eigenvalue weighted by atomic mass is 17.2.